The number of nitrogens with zero attached hydrogens (tertiary/aromatic N) is 3. The van der Waals surface area contributed by atoms with Crippen molar-refractivity contribution in [2.45, 2.75) is 20.8 Å². The lowest BCUT2D eigenvalue weighted by atomic mass is 10.2. The van der Waals surface area contributed by atoms with Gasteiger partial charge in [0.1, 0.15) is 17.4 Å². The van der Waals surface area contributed by atoms with Gasteiger partial charge in [-0.05, 0) is 26.8 Å². The minimum absolute atomic E-state index is 0.00102. The molecule has 0 fully saturated rings. The smallest absolute Gasteiger partial charge is 0.276 e. The Morgan fingerprint density at radius 3 is 2.55 bits per heavy atom. The van der Waals surface area contributed by atoms with Gasteiger partial charge in [-0.1, -0.05) is 6.07 Å². The van der Waals surface area contributed by atoms with Gasteiger partial charge in [0.25, 0.3) is 5.69 Å². The van der Waals surface area contributed by atoms with Gasteiger partial charge in [0.15, 0.2) is 0 Å². The van der Waals surface area contributed by atoms with Crippen LogP contribution in [0.1, 0.15) is 17.0 Å². The number of aromatic nitrogens is 2. The van der Waals surface area contributed by atoms with E-state index in [-0.39, 0.29) is 5.69 Å². The molecule has 1 heterocycles. The van der Waals surface area contributed by atoms with Gasteiger partial charge in [0.2, 0.25) is 5.88 Å². The SMILES string of the molecule is Cc1nc(N)c(C)c(Oc2cccc([N+](=O)[O-])c2C)n1. The maximum Gasteiger partial charge on any atom is 0.276 e. The number of anilines is 1. The second-order valence-electron chi connectivity index (χ2n) is 4.35. The van der Waals surface area contributed by atoms with Crippen molar-refractivity contribution in [3.63, 3.8) is 0 Å². The number of nitrogens with two attached hydrogens (primary N) is 1. The molecule has 7 nitrogen and oxygen atoms in total. The number of nitro benzene ring substituents is 1. The van der Waals surface area contributed by atoms with Crippen molar-refractivity contribution >= 4 is 11.5 Å². The Balaban J connectivity index is 2.46. The summed E-state index contributed by atoms with van der Waals surface area (Å²) in [5.74, 6) is 1.49. The van der Waals surface area contributed by atoms with Gasteiger partial charge in [-0.2, -0.15) is 4.98 Å². The molecule has 0 saturated heterocycles. The Labute approximate surface area is 115 Å². The first-order chi connectivity index (χ1) is 9.40. The van der Waals surface area contributed by atoms with Crippen LogP contribution in [-0.2, 0) is 0 Å². The molecule has 0 aliphatic heterocycles. The Morgan fingerprint density at radius 1 is 1.20 bits per heavy atom. The summed E-state index contributed by atoms with van der Waals surface area (Å²) >= 11 is 0. The van der Waals surface area contributed by atoms with Crippen LogP contribution in [0, 0.1) is 30.9 Å². The molecule has 0 aliphatic rings. The first-order valence-corrected chi connectivity index (χ1v) is 5.92. The van der Waals surface area contributed by atoms with Crippen molar-refractivity contribution in [1.82, 2.24) is 9.97 Å². The first-order valence-electron chi connectivity index (χ1n) is 5.92. The van der Waals surface area contributed by atoms with Crippen molar-refractivity contribution in [3.05, 3.63) is 45.3 Å². The van der Waals surface area contributed by atoms with Crippen LogP contribution in [0.25, 0.3) is 0 Å². The molecule has 104 valence electrons. The fraction of sp³-hybridized carbons (Fsp3) is 0.231. The van der Waals surface area contributed by atoms with E-state index in [4.69, 9.17) is 10.5 Å². The van der Waals surface area contributed by atoms with Crippen molar-refractivity contribution in [2.75, 3.05) is 5.73 Å². The van der Waals surface area contributed by atoms with Gasteiger partial charge < -0.3 is 10.5 Å². The standard InChI is InChI=1S/C13H14N4O3/c1-7-10(17(18)19)5-4-6-11(7)20-13-8(2)12(14)15-9(3)16-13/h4-6H,1-3H3,(H2,14,15,16). The quantitative estimate of drug-likeness (QED) is 0.681. The Kier molecular flexibility index (Phi) is 3.51. The van der Waals surface area contributed by atoms with Crippen LogP contribution in [0.2, 0.25) is 0 Å². The Bertz CT molecular complexity index is 686. The predicted molar refractivity (Wildman–Crippen MR) is 73.8 cm³/mol. The zero-order valence-electron chi connectivity index (χ0n) is 11.4. The second-order valence-corrected chi connectivity index (χ2v) is 4.35. The first kappa shape index (κ1) is 13.7. The largest absolute Gasteiger partial charge is 0.438 e. The van der Waals surface area contributed by atoms with Gasteiger partial charge in [0.05, 0.1) is 16.1 Å². The monoisotopic (exact) mass is 274 g/mol. The lowest BCUT2D eigenvalue weighted by Crippen LogP contribution is -2.03. The molecule has 2 rings (SSSR count). The molecule has 0 bridgehead atoms. The number of rotatable bonds is 3. The van der Waals surface area contributed by atoms with Crippen LogP contribution in [-0.4, -0.2) is 14.9 Å². The third-order valence-corrected chi connectivity index (χ3v) is 2.91. The molecule has 2 N–H and O–H groups in total. The second kappa shape index (κ2) is 5.12. The molecule has 0 radical (unpaired) electrons. The molecule has 0 aliphatic carbocycles. The van der Waals surface area contributed by atoms with Gasteiger partial charge >= 0.3 is 0 Å². The molecule has 1 aromatic heterocycles. The highest BCUT2D eigenvalue weighted by molar-refractivity contribution is 5.51. The third kappa shape index (κ3) is 2.51. The fourth-order valence-corrected chi connectivity index (χ4v) is 1.74. The molecule has 0 spiro atoms. The van der Waals surface area contributed by atoms with Crippen molar-refractivity contribution < 1.29 is 9.66 Å². The van der Waals surface area contributed by atoms with E-state index in [9.17, 15) is 10.1 Å². The van der Waals surface area contributed by atoms with Crippen LogP contribution >= 0.6 is 0 Å². The van der Waals surface area contributed by atoms with E-state index in [0.717, 1.165) is 0 Å². The highest BCUT2D eigenvalue weighted by Crippen LogP contribution is 2.32. The average Bonchev–Trinajstić information content (AvgIpc) is 2.37. The summed E-state index contributed by atoms with van der Waals surface area (Å²) in [5.41, 5.74) is 6.79. The van der Waals surface area contributed by atoms with E-state index < -0.39 is 4.92 Å². The van der Waals surface area contributed by atoms with Gasteiger partial charge in [-0.25, -0.2) is 4.98 Å². The highest BCUT2D eigenvalue weighted by Gasteiger charge is 2.16. The van der Waals surface area contributed by atoms with E-state index >= 15 is 0 Å². The zero-order valence-corrected chi connectivity index (χ0v) is 11.4. The maximum atomic E-state index is 10.9. The Morgan fingerprint density at radius 2 is 1.90 bits per heavy atom. The fourth-order valence-electron chi connectivity index (χ4n) is 1.74. The minimum Gasteiger partial charge on any atom is -0.438 e. The van der Waals surface area contributed by atoms with E-state index in [1.54, 1.807) is 32.9 Å². The van der Waals surface area contributed by atoms with Crippen molar-refractivity contribution in [1.29, 1.82) is 0 Å². The van der Waals surface area contributed by atoms with Crippen LogP contribution in [0.3, 0.4) is 0 Å². The summed E-state index contributed by atoms with van der Waals surface area (Å²) in [6.07, 6.45) is 0. The molecular formula is C13H14N4O3. The lowest BCUT2D eigenvalue weighted by Gasteiger charge is -2.11. The van der Waals surface area contributed by atoms with E-state index in [0.29, 0.717) is 34.4 Å². The molecule has 20 heavy (non-hydrogen) atoms. The molecule has 0 unspecified atom stereocenters. The lowest BCUT2D eigenvalue weighted by molar-refractivity contribution is -0.385. The number of benzene rings is 1. The molecular weight excluding hydrogens is 260 g/mol. The Hall–Kier alpha value is -2.70. The number of nitrogen functional groups attached to an aromatic ring is 1. The number of ether oxygens (including phenoxy) is 1. The van der Waals surface area contributed by atoms with Crippen LogP contribution in [0.5, 0.6) is 11.6 Å². The molecule has 0 amide bonds. The number of aryl methyl sites for hydroxylation is 1. The van der Waals surface area contributed by atoms with Gasteiger partial charge in [-0.3, -0.25) is 10.1 Å². The van der Waals surface area contributed by atoms with Crippen molar-refractivity contribution in [2.24, 2.45) is 0 Å². The molecule has 0 saturated carbocycles. The summed E-state index contributed by atoms with van der Waals surface area (Å²) in [7, 11) is 0. The highest BCUT2D eigenvalue weighted by atomic mass is 16.6. The summed E-state index contributed by atoms with van der Waals surface area (Å²) in [5, 5.41) is 10.9. The summed E-state index contributed by atoms with van der Waals surface area (Å²) in [6.45, 7) is 5.06. The van der Waals surface area contributed by atoms with E-state index in [2.05, 4.69) is 9.97 Å². The summed E-state index contributed by atoms with van der Waals surface area (Å²) in [4.78, 5) is 18.6. The van der Waals surface area contributed by atoms with Gasteiger partial charge in [-0.15, -0.1) is 0 Å². The number of hydrogen-bond donors (Lipinski definition) is 1. The van der Waals surface area contributed by atoms with Crippen LogP contribution in [0.4, 0.5) is 11.5 Å². The maximum absolute atomic E-state index is 10.9. The topological polar surface area (TPSA) is 104 Å². The number of hydrogen-bond acceptors (Lipinski definition) is 6. The summed E-state index contributed by atoms with van der Waals surface area (Å²) < 4.78 is 5.66. The zero-order chi connectivity index (χ0) is 14.9. The van der Waals surface area contributed by atoms with Crippen molar-refractivity contribution in [3.8, 4) is 11.6 Å². The van der Waals surface area contributed by atoms with Gasteiger partial charge in [0, 0.05) is 6.07 Å². The molecule has 2 aromatic rings. The normalized spacial score (nSPS) is 10.3. The van der Waals surface area contributed by atoms with Crippen LogP contribution < -0.4 is 10.5 Å². The molecule has 0 atom stereocenters. The van der Waals surface area contributed by atoms with Crippen LogP contribution in [0.15, 0.2) is 18.2 Å². The predicted octanol–water partition coefficient (Wildman–Crippen LogP) is 2.68. The molecule has 7 heteroatoms. The molecule has 1 aromatic carbocycles. The van der Waals surface area contributed by atoms with E-state index in [1.165, 1.54) is 6.07 Å². The summed E-state index contributed by atoms with van der Waals surface area (Å²) in [6, 6.07) is 4.64. The third-order valence-electron chi connectivity index (χ3n) is 2.91. The number of nitro groups is 1. The van der Waals surface area contributed by atoms with E-state index in [1.807, 2.05) is 0 Å². The average molecular weight is 274 g/mol. The minimum atomic E-state index is -0.450.